The number of aliphatic hydroxyl groups is 1. The molecule has 1 N–H and O–H groups in total. The molecule has 4 atom stereocenters. The summed E-state index contributed by atoms with van der Waals surface area (Å²) in [6.45, 7) is 26.2. The topological polar surface area (TPSA) is 38.7 Å². The summed E-state index contributed by atoms with van der Waals surface area (Å²) in [5.74, 6) is 0.638. The number of hydrogen-bond acceptors (Lipinski definition) is 3. The minimum Gasteiger partial charge on any atom is -0.416 e. The number of rotatable bonds is 11. The average molecular weight is 493 g/mol. The smallest absolute Gasteiger partial charge is 0.192 e. The van der Waals surface area contributed by atoms with Gasteiger partial charge in [-0.15, -0.1) is 0 Å². The Morgan fingerprint density at radius 1 is 0.970 bits per heavy atom. The van der Waals surface area contributed by atoms with Gasteiger partial charge in [0.05, 0.1) is 11.7 Å². The molecule has 1 fully saturated rings. The molecule has 1 aliphatic rings. The lowest BCUT2D eigenvalue weighted by Gasteiger charge is -2.42. The number of hydrogen-bond donors (Lipinski definition) is 1. The van der Waals surface area contributed by atoms with Crippen LogP contribution in [0.1, 0.15) is 73.3 Å². The lowest BCUT2D eigenvalue weighted by Crippen LogP contribution is -2.47. The van der Waals surface area contributed by atoms with Gasteiger partial charge in [-0.2, -0.15) is 0 Å². The molecule has 5 heteroatoms. The van der Waals surface area contributed by atoms with Crippen LogP contribution in [0, 0.1) is 11.8 Å². The molecule has 0 aliphatic heterocycles. The molecule has 0 spiro atoms. The van der Waals surface area contributed by atoms with Gasteiger partial charge in [0.25, 0.3) is 0 Å². The Bertz CT molecular complexity index is 749. The molecule has 1 aromatic rings. The van der Waals surface area contributed by atoms with Crippen molar-refractivity contribution in [1.82, 2.24) is 0 Å². The van der Waals surface area contributed by atoms with Crippen molar-refractivity contribution in [3.63, 3.8) is 0 Å². The summed E-state index contributed by atoms with van der Waals surface area (Å²) in [6, 6.07) is 10.5. The van der Waals surface area contributed by atoms with E-state index in [1.807, 2.05) is 6.07 Å². The minimum atomic E-state index is -1.92. The van der Waals surface area contributed by atoms with E-state index in [9.17, 15) is 5.11 Å². The Hall–Kier alpha value is -0.466. The summed E-state index contributed by atoms with van der Waals surface area (Å²) in [7, 11) is -3.73. The van der Waals surface area contributed by atoms with Gasteiger partial charge < -0.3 is 14.0 Å². The summed E-state index contributed by atoms with van der Waals surface area (Å²) in [5, 5.41) is 11.6. The highest BCUT2D eigenvalue weighted by atomic mass is 28.4. The zero-order valence-electron chi connectivity index (χ0n) is 23.4. The molecule has 1 aromatic carbocycles. The van der Waals surface area contributed by atoms with Gasteiger partial charge in [0.1, 0.15) is 0 Å². The van der Waals surface area contributed by atoms with Crippen LogP contribution in [0.3, 0.4) is 0 Å². The summed E-state index contributed by atoms with van der Waals surface area (Å²) in [6.07, 6.45) is 3.73. The van der Waals surface area contributed by atoms with Crippen LogP contribution >= 0.6 is 0 Å². The zero-order valence-corrected chi connectivity index (χ0v) is 25.4. The first-order chi connectivity index (χ1) is 14.9. The van der Waals surface area contributed by atoms with Gasteiger partial charge >= 0.3 is 0 Å². The van der Waals surface area contributed by atoms with Gasteiger partial charge in [0.15, 0.2) is 16.6 Å². The summed E-state index contributed by atoms with van der Waals surface area (Å²) < 4.78 is 13.6. The third-order valence-electron chi connectivity index (χ3n) is 8.81. The highest BCUT2D eigenvalue weighted by molar-refractivity contribution is 6.74. The summed E-state index contributed by atoms with van der Waals surface area (Å²) >= 11 is 0. The first kappa shape index (κ1) is 28.8. The van der Waals surface area contributed by atoms with E-state index in [0.717, 1.165) is 32.3 Å². The highest BCUT2D eigenvalue weighted by Gasteiger charge is 2.54. The standard InChI is InChI=1S/C28H52O3Si2/c1-22(21-30-32(8,9)26(2,3)4)25(31-33(10,11)27(5,6)7)19-24-20-28(24,29)18-17-23-15-13-12-14-16-23/h12-16,22,24-25,29H,17-21H2,1-11H3/t22-,24?,25-,28?/m0/s1. The van der Waals surface area contributed by atoms with E-state index in [1.165, 1.54) is 5.56 Å². The van der Waals surface area contributed by atoms with Crippen LogP contribution in [0.2, 0.25) is 36.3 Å². The second-order valence-corrected chi connectivity index (χ2v) is 23.3. The van der Waals surface area contributed by atoms with Gasteiger partial charge in [0.2, 0.25) is 0 Å². The monoisotopic (exact) mass is 492 g/mol. The fourth-order valence-corrected chi connectivity index (χ4v) is 6.43. The van der Waals surface area contributed by atoms with Crippen molar-refractivity contribution in [3.05, 3.63) is 35.9 Å². The molecule has 0 aromatic heterocycles. The van der Waals surface area contributed by atoms with Gasteiger partial charge in [-0.25, -0.2) is 0 Å². The molecule has 0 amide bonds. The fraction of sp³-hybridized carbons (Fsp3) is 0.786. The van der Waals surface area contributed by atoms with Gasteiger partial charge in [-0.05, 0) is 73.4 Å². The van der Waals surface area contributed by atoms with Gasteiger partial charge in [-0.3, -0.25) is 0 Å². The van der Waals surface area contributed by atoms with Crippen LogP contribution in [0.5, 0.6) is 0 Å². The van der Waals surface area contributed by atoms with E-state index in [4.69, 9.17) is 8.85 Å². The zero-order chi connectivity index (χ0) is 25.3. The third-order valence-corrected chi connectivity index (χ3v) is 17.8. The van der Waals surface area contributed by atoms with Crippen molar-refractivity contribution < 1.29 is 14.0 Å². The van der Waals surface area contributed by atoms with E-state index < -0.39 is 22.2 Å². The molecule has 0 heterocycles. The van der Waals surface area contributed by atoms with Gasteiger partial charge in [0, 0.05) is 12.5 Å². The lowest BCUT2D eigenvalue weighted by atomic mass is 9.97. The van der Waals surface area contributed by atoms with Gasteiger partial charge in [-0.1, -0.05) is 78.8 Å². The predicted molar refractivity (Wildman–Crippen MR) is 147 cm³/mol. The highest BCUT2D eigenvalue weighted by Crippen LogP contribution is 2.51. The second kappa shape index (κ2) is 10.3. The Kier molecular flexibility index (Phi) is 8.94. The van der Waals surface area contributed by atoms with Crippen molar-refractivity contribution >= 4 is 16.6 Å². The Morgan fingerprint density at radius 2 is 1.52 bits per heavy atom. The van der Waals surface area contributed by atoms with Crippen LogP contribution in [-0.4, -0.2) is 40.1 Å². The molecular weight excluding hydrogens is 440 g/mol. The first-order valence-corrected chi connectivity index (χ1v) is 18.8. The number of aryl methyl sites for hydroxylation is 1. The molecule has 1 aliphatic carbocycles. The van der Waals surface area contributed by atoms with Crippen LogP contribution < -0.4 is 0 Å². The normalized spacial score (nSPS) is 23.9. The Labute approximate surface area is 206 Å². The van der Waals surface area contributed by atoms with E-state index in [-0.39, 0.29) is 16.2 Å². The fourth-order valence-electron chi connectivity index (χ4n) is 3.88. The lowest BCUT2D eigenvalue weighted by molar-refractivity contribution is 0.0582. The predicted octanol–water partition coefficient (Wildman–Crippen LogP) is 7.81. The molecule has 2 unspecified atom stereocenters. The van der Waals surface area contributed by atoms with Crippen LogP contribution in [-0.2, 0) is 15.3 Å². The van der Waals surface area contributed by atoms with Crippen LogP contribution in [0.25, 0.3) is 0 Å². The molecular formula is C28H52O3Si2. The van der Waals surface area contributed by atoms with Crippen LogP contribution in [0.15, 0.2) is 30.3 Å². The van der Waals surface area contributed by atoms with E-state index in [2.05, 4.69) is 98.9 Å². The Balaban J connectivity index is 2.06. The maximum atomic E-state index is 11.2. The molecule has 0 radical (unpaired) electrons. The van der Waals surface area contributed by atoms with Crippen molar-refractivity contribution in [2.45, 2.75) is 122 Å². The molecule has 190 valence electrons. The SMILES string of the molecule is C[C@@H](CO[Si](C)(C)C(C)(C)C)[C@H](CC1CC1(O)CCc1ccccc1)O[Si](C)(C)C(C)(C)C. The molecule has 0 bridgehead atoms. The van der Waals surface area contributed by atoms with Crippen molar-refractivity contribution in [2.24, 2.45) is 11.8 Å². The molecule has 1 saturated carbocycles. The van der Waals surface area contributed by atoms with E-state index in [1.54, 1.807) is 0 Å². The van der Waals surface area contributed by atoms with Crippen molar-refractivity contribution in [1.29, 1.82) is 0 Å². The number of benzene rings is 1. The second-order valence-electron chi connectivity index (χ2n) is 13.7. The molecule has 2 rings (SSSR count). The maximum Gasteiger partial charge on any atom is 0.192 e. The third kappa shape index (κ3) is 7.76. The largest absolute Gasteiger partial charge is 0.416 e. The summed E-state index contributed by atoms with van der Waals surface area (Å²) in [4.78, 5) is 0. The van der Waals surface area contributed by atoms with Crippen molar-refractivity contribution in [2.75, 3.05) is 6.61 Å². The maximum absolute atomic E-state index is 11.2. The average Bonchev–Trinajstić information content (AvgIpc) is 3.32. The minimum absolute atomic E-state index is 0.131. The Morgan fingerprint density at radius 3 is 2.03 bits per heavy atom. The molecule has 33 heavy (non-hydrogen) atoms. The summed E-state index contributed by atoms with van der Waals surface area (Å²) in [5.41, 5.74) is 0.770. The van der Waals surface area contributed by atoms with E-state index in [0.29, 0.717) is 11.8 Å². The van der Waals surface area contributed by atoms with Crippen molar-refractivity contribution in [3.8, 4) is 0 Å². The quantitative estimate of drug-likeness (QED) is 0.320. The van der Waals surface area contributed by atoms with Crippen LogP contribution in [0.4, 0.5) is 0 Å². The van der Waals surface area contributed by atoms with E-state index >= 15 is 0 Å². The first-order valence-electron chi connectivity index (χ1n) is 13.0. The molecule has 0 saturated heterocycles. The molecule has 3 nitrogen and oxygen atoms in total.